The van der Waals surface area contributed by atoms with Crippen molar-refractivity contribution in [2.24, 2.45) is 22.2 Å². The van der Waals surface area contributed by atoms with Crippen LogP contribution >= 0.6 is 0 Å². The molecule has 2 rings (SSSR count). The zero-order valence-corrected chi connectivity index (χ0v) is 35.8. The molecule has 1 aliphatic heterocycles. The molecular weight excluding hydrogens is 828 g/mol. The highest BCUT2D eigenvalue weighted by Crippen LogP contribution is 2.11. The number of nitrogens with zero attached hydrogens (tertiary/aromatic N) is 1. The van der Waals surface area contributed by atoms with Crippen molar-refractivity contribution < 1.29 is 62.1 Å². The average Bonchev–Trinajstić information content (AvgIpc) is 3.25. The third-order valence-corrected chi connectivity index (χ3v) is 8.84. The van der Waals surface area contributed by atoms with Crippen LogP contribution in [0.5, 0.6) is 0 Å². The third kappa shape index (κ3) is 27.7. The van der Waals surface area contributed by atoms with Gasteiger partial charge in [-0.1, -0.05) is 43.2 Å². The molecule has 1 fully saturated rings. The van der Waals surface area contributed by atoms with E-state index < -0.39 is 60.2 Å². The molecule has 23 heteroatoms. The molecule has 4 atom stereocenters. The van der Waals surface area contributed by atoms with Crippen molar-refractivity contribution in [3.8, 4) is 0 Å². The number of ether oxygens (including phenoxy) is 4. The second-order valence-electron chi connectivity index (χ2n) is 14.0. The second-order valence-corrected chi connectivity index (χ2v) is 14.0. The van der Waals surface area contributed by atoms with Gasteiger partial charge in [0.1, 0.15) is 37.4 Å². The van der Waals surface area contributed by atoms with Gasteiger partial charge in [0.2, 0.25) is 35.4 Å². The Labute approximate surface area is 366 Å². The number of aliphatic imine (C=N–C) groups is 1. The van der Waals surface area contributed by atoms with Crippen LogP contribution in [0, 0.1) is 0 Å². The molecule has 1 heterocycles. The molecule has 1 aliphatic rings. The first-order chi connectivity index (χ1) is 30.3. The van der Waals surface area contributed by atoms with Gasteiger partial charge in [-0.05, 0) is 38.2 Å². The van der Waals surface area contributed by atoms with E-state index in [1.54, 1.807) is 24.3 Å². The van der Waals surface area contributed by atoms with Gasteiger partial charge in [0.05, 0.1) is 46.2 Å². The molecule has 1 unspecified atom stereocenters. The van der Waals surface area contributed by atoms with Gasteiger partial charge in [0.25, 0.3) is 0 Å². The Balaban J connectivity index is 0.00000642. The minimum atomic E-state index is -1.12. The van der Waals surface area contributed by atoms with E-state index in [1.807, 2.05) is 6.07 Å². The summed E-state index contributed by atoms with van der Waals surface area (Å²) in [6.07, 6.45) is 2.60. The predicted molar refractivity (Wildman–Crippen MR) is 225 cm³/mol. The summed E-state index contributed by atoms with van der Waals surface area (Å²) in [6, 6.07) is 4.60. The van der Waals surface area contributed by atoms with Crippen LogP contribution in [0.3, 0.4) is 0 Å². The monoisotopic (exact) mass is 892 g/mol. The number of Topliss-reactive ketones (excluding diaryl/α,β-unsaturated/α-hetero) is 1. The Bertz CT molecular complexity index is 1610. The van der Waals surface area contributed by atoms with Gasteiger partial charge in [-0.15, -0.1) is 0 Å². The maximum atomic E-state index is 13.8. The molecule has 0 saturated carbocycles. The van der Waals surface area contributed by atoms with Crippen LogP contribution in [0.4, 0.5) is 0 Å². The van der Waals surface area contributed by atoms with Crippen molar-refractivity contribution in [3.63, 3.8) is 0 Å². The SMILES string of the molecule is C[C@H]1NC(=O)CNC(=O)[C@H](CCCN=C(N)N)NC(=O)C(CCCCCC(=O)COCCOCCNC(=O)COCCOCCN)NC(=O)[C@H](Cc2ccccc2)NC1=O.O=C=O. The van der Waals surface area contributed by atoms with Crippen LogP contribution in [0.1, 0.15) is 57.4 Å². The number of amides is 6. The van der Waals surface area contributed by atoms with E-state index in [0.29, 0.717) is 45.4 Å². The molecule has 12 N–H and O–H groups in total. The Morgan fingerprint density at radius 1 is 0.730 bits per heavy atom. The van der Waals surface area contributed by atoms with Crippen LogP contribution in [-0.4, -0.2) is 157 Å². The zero-order chi connectivity index (χ0) is 46.7. The molecule has 352 valence electrons. The van der Waals surface area contributed by atoms with E-state index in [4.69, 9.17) is 45.7 Å². The van der Waals surface area contributed by atoms with E-state index in [1.165, 1.54) is 6.92 Å². The number of hydrogen-bond acceptors (Lipinski definition) is 15. The summed E-state index contributed by atoms with van der Waals surface area (Å²) in [6.45, 7) is 3.44. The Hall–Kier alpha value is -5.84. The number of carbonyl (C=O) groups excluding carboxylic acids is 9. The molecule has 0 spiro atoms. The fraction of sp³-hybridized carbons (Fsp3) is 0.625. The first-order valence-corrected chi connectivity index (χ1v) is 20.7. The van der Waals surface area contributed by atoms with E-state index >= 15 is 0 Å². The van der Waals surface area contributed by atoms with Gasteiger partial charge < -0.3 is 68.0 Å². The summed E-state index contributed by atoms with van der Waals surface area (Å²) >= 11 is 0. The smallest absolute Gasteiger partial charge is 0.373 e. The Morgan fingerprint density at radius 3 is 1.98 bits per heavy atom. The summed E-state index contributed by atoms with van der Waals surface area (Å²) in [5.74, 6) is -3.75. The highest BCUT2D eigenvalue weighted by atomic mass is 16.5. The van der Waals surface area contributed by atoms with Crippen molar-refractivity contribution in [2.75, 3.05) is 79.0 Å². The topological polar surface area (TPSA) is 353 Å². The lowest BCUT2D eigenvalue weighted by atomic mass is 10.0. The van der Waals surface area contributed by atoms with Gasteiger partial charge in [-0.25, -0.2) is 0 Å². The van der Waals surface area contributed by atoms with Crippen molar-refractivity contribution in [2.45, 2.75) is 82.5 Å². The molecule has 0 aromatic heterocycles. The summed E-state index contributed by atoms with van der Waals surface area (Å²) < 4.78 is 21.2. The van der Waals surface area contributed by atoms with E-state index in [0.717, 1.165) is 5.56 Å². The van der Waals surface area contributed by atoms with Gasteiger partial charge in [0.15, 0.2) is 11.7 Å². The van der Waals surface area contributed by atoms with Crippen molar-refractivity contribution >= 4 is 53.3 Å². The van der Waals surface area contributed by atoms with Gasteiger partial charge in [-0.2, -0.15) is 9.59 Å². The van der Waals surface area contributed by atoms with E-state index in [-0.39, 0.29) is 102 Å². The fourth-order valence-corrected chi connectivity index (χ4v) is 5.70. The first kappa shape index (κ1) is 55.2. The summed E-state index contributed by atoms with van der Waals surface area (Å²) in [7, 11) is 0. The number of benzene rings is 1. The maximum Gasteiger partial charge on any atom is 0.373 e. The Morgan fingerprint density at radius 2 is 1.32 bits per heavy atom. The number of nitrogens with two attached hydrogens (primary N) is 3. The van der Waals surface area contributed by atoms with Crippen LogP contribution < -0.4 is 49.1 Å². The highest BCUT2D eigenvalue weighted by molar-refractivity contribution is 5.97. The first-order valence-electron chi connectivity index (χ1n) is 20.7. The normalized spacial score (nSPS) is 18.3. The second kappa shape index (κ2) is 34.7. The predicted octanol–water partition coefficient (Wildman–Crippen LogP) is -3.55. The number of unbranched alkanes of at least 4 members (excludes halogenated alkanes) is 2. The van der Waals surface area contributed by atoms with E-state index in [9.17, 15) is 33.6 Å². The molecule has 0 radical (unpaired) electrons. The lowest BCUT2D eigenvalue weighted by Crippen LogP contribution is -2.57. The lowest BCUT2D eigenvalue weighted by Gasteiger charge is -2.25. The maximum absolute atomic E-state index is 13.8. The molecule has 1 aromatic carbocycles. The highest BCUT2D eigenvalue weighted by Gasteiger charge is 2.31. The minimum absolute atomic E-state index is 0.0904. The third-order valence-electron chi connectivity index (χ3n) is 8.84. The molecule has 63 heavy (non-hydrogen) atoms. The van der Waals surface area contributed by atoms with Gasteiger partial charge in [-0.3, -0.25) is 38.6 Å². The van der Waals surface area contributed by atoms with Gasteiger partial charge in [0, 0.05) is 32.5 Å². The molecule has 23 nitrogen and oxygen atoms in total. The van der Waals surface area contributed by atoms with Crippen molar-refractivity contribution in [1.29, 1.82) is 0 Å². The summed E-state index contributed by atoms with van der Waals surface area (Å²) in [5.41, 5.74) is 16.9. The number of carbonyl (C=O) groups is 7. The number of hydrogen-bond donors (Lipinski definition) is 9. The molecular formula is C40H64N10O13. The summed E-state index contributed by atoms with van der Waals surface area (Å²) in [4.78, 5) is 111. The zero-order valence-electron chi connectivity index (χ0n) is 35.8. The quantitative estimate of drug-likeness (QED) is 0.0235. The number of guanidine groups is 1. The molecule has 1 aromatic rings. The van der Waals surface area contributed by atoms with Crippen molar-refractivity contribution in [1.82, 2.24) is 31.9 Å². The van der Waals surface area contributed by atoms with Crippen LogP contribution in [-0.2, 0) is 68.5 Å². The average molecular weight is 893 g/mol. The fourth-order valence-electron chi connectivity index (χ4n) is 5.70. The Kier molecular flexibility index (Phi) is 30.4. The molecule has 0 aliphatic carbocycles. The number of nitrogens with one attached hydrogen (secondary N) is 6. The van der Waals surface area contributed by atoms with Crippen molar-refractivity contribution in [3.05, 3.63) is 35.9 Å². The van der Waals surface area contributed by atoms with Crippen LogP contribution in [0.2, 0.25) is 0 Å². The standard InChI is InChI=1S/C39H64N10O11.CO2/c1-27-35(53)49-32(23-28-9-4-2-5-10-28)38(56)48-31(37(55)47-30(13-8-15-44-39(41)42)36(54)45-24-33(51)46-27)12-7-3-6-11-29(50)25-59-21-20-58-18-16-43-34(52)26-60-22-19-57-17-14-40;2-1-3/h2,4-5,9-10,27,30-32H,3,6-8,11-26,40H2,1H3,(H,43,52)(H,45,54)(H,46,51)(H,47,55)(H,48,56)(H,49,53)(H4,41,42,44);/t27-,30+,31?,32+;/m1./s1. The van der Waals surface area contributed by atoms with E-state index in [2.05, 4.69) is 36.9 Å². The molecule has 6 amide bonds. The van der Waals surface area contributed by atoms with Gasteiger partial charge >= 0.3 is 6.15 Å². The summed E-state index contributed by atoms with van der Waals surface area (Å²) in [5, 5.41) is 15.8. The largest absolute Gasteiger partial charge is 0.378 e. The molecule has 1 saturated heterocycles. The van der Waals surface area contributed by atoms with Crippen LogP contribution in [0.15, 0.2) is 35.3 Å². The van der Waals surface area contributed by atoms with Crippen LogP contribution in [0.25, 0.3) is 0 Å². The number of rotatable bonds is 27. The molecule has 0 bridgehead atoms. The minimum Gasteiger partial charge on any atom is -0.378 e. The lowest BCUT2D eigenvalue weighted by molar-refractivity contribution is -0.191. The number of ketones is 1.